The summed E-state index contributed by atoms with van der Waals surface area (Å²) in [5, 5.41) is 12.9. The molecule has 2 aromatic carbocycles. The normalized spacial score (nSPS) is 17.7. The van der Waals surface area contributed by atoms with E-state index in [1.807, 2.05) is 13.0 Å². The molecule has 6 heteroatoms. The Hall–Kier alpha value is -2.60. The Balaban J connectivity index is 1.88. The maximum Gasteiger partial charge on any atom is 0.264 e. The molecule has 4 nitrogen and oxygen atoms in total. The first kappa shape index (κ1) is 15.3. The number of phenols is 1. The number of carbonyl (C=O) groups excluding carboxylic acids is 1. The van der Waals surface area contributed by atoms with Gasteiger partial charge in [-0.25, -0.2) is 9.38 Å². The van der Waals surface area contributed by atoms with Crippen LogP contribution in [-0.4, -0.2) is 16.2 Å². The number of nitrogens with zero attached hydrogens (tertiary/aromatic N) is 1. The van der Waals surface area contributed by atoms with Crippen molar-refractivity contribution in [2.45, 2.75) is 6.92 Å². The van der Waals surface area contributed by atoms with Crippen molar-refractivity contribution in [3.63, 3.8) is 0 Å². The lowest BCUT2D eigenvalue weighted by atomic mass is 10.2. The summed E-state index contributed by atoms with van der Waals surface area (Å²) in [6.07, 6.45) is 1.67. The highest BCUT2D eigenvalue weighted by Gasteiger charge is 2.24. The number of nitrogens with one attached hydrogen (secondary N) is 1. The molecule has 1 aliphatic rings. The molecule has 1 saturated heterocycles. The molecule has 3 rings (SSSR count). The van der Waals surface area contributed by atoms with Crippen LogP contribution in [0.15, 0.2) is 52.4 Å². The van der Waals surface area contributed by atoms with E-state index >= 15 is 0 Å². The van der Waals surface area contributed by atoms with Crippen LogP contribution in [0.4, 0.5) is 10.1 Å². The molecule has 0 saturated carbocycles. The first-order valence-corrected chi connectivity index (χ1v) is 7.68. The average molecular weight is 328 g/mol. The van der Waals surface area contributed by atoms with Crippen LogP contribution in [0.25, 0.3) is 6.08 Å². The van der Waals surface area contributed by atoms with Crippen molar-refractivity contribution < 1.29 is 14.3 Å². The van der Waals surface area contributed by atoms with Gasteiger partial charge in [0, 0.05) is 0 Å². The van der Waals surface area contributed by atoms with Crippen LogP contribution >= 0.6 is 11.8 Å². The number of aliphatic imine (C=N–C) groups is 1. The molecule has 0 atom stereocenters. The Morgan fingerprint density at radius 2 is 1.96 bits per heavy atom. The highest BCUT2D eigenvalue weighted by atomic mass is 32.2. The van der Waals surface area contributed by atoms with Crippen LogP contribution in [0.5, 0.6) is 5.75 Å². The van der Waals surface area contributed by atoms with Gasteiger partial charge < -0.3 is 10.4 Å². The fraction of sp³-hybridized carbons (Fsp3) is 0.0588. The zero-order valence-corrected chi connectivity index (χ0v) is 13.0. The number of hydrogen-bond donors (Lipinski definition) is 2. The number of aryl methyl sites for hydroxylation is 1. The van der Waals surface area contributed by atoms with Gasteiger partial charge >= 0.3 is 0 Å². The molecule has 23 heavy (non-hydrogen) atoms. The molecule has 0 aliphatic carbocycles. The zero-order chi connectivity index (χ0) is 16.4. The van der Waals surface area contributed by atoms with Gasteiger partial charge in [-0.05, 0) is 54.1 Å². The van der Waals surface area contributed by atoms with Crippen molar-refractivity contribution in [3.05, 3.63) is 64.3 Å². The number of amides is 1. The van der Waals surface area contributed by atoms with Gasteiger partial charge in [-0.2, -0.15) is 0 Å². The maximum atomic E-state index is 12.9. The van der Waals surface area contributed by atoms with Crippen molar-refractivity contribution in [1.82, 2.24) is 5.32 Å². The quantitative estimate of drug-likeness (QED) is 0.826. The molecular formula is C17H13FN2O2S. The van der Waals surface area contributed by atoms with Crippen LogP contribution in [0.1, 0.15) is 11.1 Å². The van der Waals surface area contributed by atoms with Gasteiger partial charge in [-0.1, -0.05) is 24.3 Å². The second-order valence-corrected chi connectivity index (χ2v) is 6.01. The summed E-state index contributed by atoms with van der Waals surface area (Å²) in [7, 11) is 0. The van der Waals surface area contributed by atoms with Crippen LogP contribution < -0.4 is 5.32 Å². The highest BCUT2D eigenvalue weighted by Crippen LogP contribution is 2.33. The minimum Gasteiger partial charge on any atom is -0.506 e. The lowest BCUT2D eigenvalue weighted by Gasteiger charge is -2.03. The molecule has 0 bridgehead atoms. The van der Waals surface area contributed by atoms with Crippen molar-refractivity contribution >= 4 is 34.6 Å². The predicted octanol–water partition coefficient (Wildman–Crippen LogP) is 3.73. The Morgan fingerprint density at radius 1 is 1.22 bits per heavy atom. The van der Waals surface area contributed by atoms with E-state index in [4.69, 9.17) is 0 Å². The van der Waals surface area contributed by atoms with Gasteiger partial charge in [-0.15, -0.1) is 0 Å². The summed E-state index contributed by atoms with van der Waals surface area (Å²) in [6.45, 7) is 1.83. The predicted molar refractivity (Wildman–Crippen MR) is 90.0 cm³/mol. The van der Waals surface area contributed by atoms with Crippen LogP contribution in [-0.2, 0) is 4.79 Å². The third-order valence-electron chi connectivity index (χ3n) is 3.25. The summed E-state index contributed by atoms with van der Waals surface area (Å²) in [4.78, 5) is 16.8. The fourth-order valence-electron chi connectivity index (χ4n) is 2.08. The highest BCUT2D eigenvalue weighted by molar-refractivity contribution is 8.18. The molecule has 0 radical (unpaired) electrons. The smallest absolute Gasteiger partial charge is 0.264 e. The molecule has 2 N–H and O–H groups in total. The molecule has 1 fully saturated rings. The van der Waals surface area contributed by atoms with Crippen molar-refractivity contribution in [2.75, 3.05) is 0 Å². The summed E-state index contributed by atoms with van der Waals surface area (Å²) in [6, 6.07) is 11.0. The van der Waals surface area contributed by atoms with Gasteiger partial charge in [-0.3, -0.25) is 4.79 Å². The van der Waals surface area contributed by atoms with E-state index in [1.165, 1.54) is 23.9 Å². The number of phenolic OH excluding ortho intramolecular Hbond substituents is 1. The Labute approximate surface area is 136 Å². The maximum absolute atomic E-state index is 12.9. The van der Waals surface area contributed by atoms with Gasteiger partial charge in [0.15, 0.2) is 5.17 Å². The van der Waals surface area contributed by atoms with E-state index in [0.717, 1.165) is 11.1 Å². The lowest BCUT2D eigenvalue weighted by molar-refractivity contribution is -0.115. The lowest BCUT2D eigenvalue weighted by Crippen LogP contribution is -2.19. The first-order valence-electron chi connectivity index (χ1n) is 6.86. The molecule has 1 heterocycles. The van der Waals surface area contributed by atoms with Gasteiger partial charge in [0.25, 0.3) is 5.91 Å². The summed E-state index contributed by atoms with van der Waals surface area (Å²) >= 11 is 1.18. The minimum atomic E-state index is -0.326. The van der Waals surface area contributed by atoms with E-state index in [0.29, 0.717) is 15.8 Å². The molecular weight excluding hydrogens is 315 g/mol. The summed E-state index contributed by atoms with van der Waals surface area (Å²) in [5.41, 5.74) is 1.96. The SMILES string of the molecule is Cc1cccc(O)c1N=C1NC(=O)/C(=C/c2ccc(F)cc2)S1. The Kier molecular flexibility index (Phi) is 4.16. The van der Waals surface area contributed by atoms with Gasteiger partial charge in [0.1, 0.15) is 17.3 Å². The molecule has 0 unspecified atom stereocenters. The third-order valence-corrected chi connectivity index (χ3v) is 4.16. The number of carbonyl (C=O) groups is 1. The number of aromatic hydroxyl groups is 1. The summed E-state index contributed by atoms with van der Waals surface area (Å²) < 4.78 is 12.9. The van der Waals surface area contributed by atoms with Crippen molar-refractivity contribution in [2.24, 2.45) is 4.99 Å². The number of benzene rings is 2. The van der Waals surface area contributed by atoms with Gasteiger partial charge in [0.05, 0.1) is 4.91 Å². The molecule has 0 aromatic heterocycles. The third kappa shape index (κ3) is 3.43. The topological polar surface area (TPSA) is 61.7 Å². The van der Waals surface area contributed by atoms with Crippen LogP contribution in [0, 0.1) is 12.7 Å². The largest absolute Gasteiger partial charge is 0.506 e. The van der Waals surface area contributed by atoms with Gasteiger partial charge in [0.2, 0.25) is 0 Å². The Morgan fingerprint density at radius 3 is 2.65 bits per heavy atom. The molecule has 1 amide bonds. The Bertz CT molecular complexity index is 809. The van der Waals surface area contributed by atoms with Crippen molar-refractivity contribution in [1.29, 1.82) is 0 Å². The van der Waals surface area contributed by atoms with Crippen molar-refractivity contribution in [3.8, 4) is 5.75 Å². The minimum absolute atomic E-state index is 0.0586. The first-order chi connectivity index (χ1) is 11.0. The monoisotopic (exact) mass is 328 g/mol. The number of halogens is 1. The van der Waals surface area contributed by atoms with E-state index in [1.54, 1.807) is 30.3 Å². The van der Waals surface area contributed by atoms with Crippen LogP contribution in [0.2, 0.25) is 0 Å². The standard InChI is InChI=1S/C17H13FN2O2S/c1-10-3-2-4-13(21)15(10)19-17-20-16(22)14(23-17)9-11-5-7-12(18)8-6-11/h2-9,21H,1H3,(H,19,20,22)/b14-9-. The molecule has 116 valence electrons. The molecule has 2 aromatic rings. The zero-order valence-electron chi connectivity index (χ0n) is 12.2. The molecule has 1 aliphatic heterocycles. The number of rotatable bonds is 2. The number of hydrogen-bond acceptors (Lipinski definition) is 4. The fourth-order valence-corrected chi connectivity index (χ4v) is 2.91. The average Bonchev–Trinajstić information content (AvgIpc) is 2.85. The second kappa shape index (κ2) is 6.26. The van der Waals surface area contributed by atoms with E-state index in [2.05, 4.69) is 10.3 Å². The van der Waals surface area contributed by atoms with E-state index in [-0.39, 0.29) is 17.5 Å². The van der Waals surface area contributed by atoms with Crippen LogP contribution in [0.3, 0.4) is 0 Å². The number of thioether (sulfide) groups is 1. The van der Waals surface area contributed by atoms with E-state index < -0.39 is 0 Å². The number of amidine groups is 1. The number of para-hydroxylation sites is 1. The van der Waals surface area contributed by atoms with E-state index in [9.17, 15) is 14.3 Å². The second-order valence-electron chi connectivity index (χ2n) is 4.98. The summed E-state index contributed by atoms with van der Waals surface area (Å²) in [5.74, 6) is -0.539. The molecule has 0 spiro atoms.